The van der Waals surface area contributed by atoms with Crippen molar-refractivity contribution in [3.05, 3.63) is 12.4 Å². The third-order valence-electron chi connectivity index (χ3n) is 3.84. The smallest absolute Gasteiger partial charge is 0.245 e. The Hall–Kier alpha value is -0.960. The number of nitrogens with zero attached hydrogens (tertiary/aromatic N) is 4. The first kappa shape index (κ1) is 16.4. The maximum Gasteiger partial charge on any atom is 0.245 e. The highest BCUT2D eigenvalue weighted by Gasteiger charge is 2.23. The zero-order chi connectivity index (χ0) is 15.3. The molecule has 1 aliphatic heterocycles. The average molecular weight is 315 g/mol. The number of nitrogens with one attached hydrogen (secondary N) is 1. The highest BCUT2D eigenvalue weighted by atomic mass is 32.2. The first-order chi connectivity index (χ1) is 10.0. The summed E-state index contributed by atoms with van der Waals surface area (Å²) in [5.41, 5.74) is 0. The van der Waals surface area contributed by atoms with Crippen molar-refractivity contribution in [1.29, 1.82) is 0 Å². The summed E-state index contributed by atoms with van der Waals surface area (Å²) in [6, 6.07) is 0. The van der Waals surface area contributed by atoms with Crippen LogP contribution < -0.4 is 5.32 Å². The SMILES string of the molecule is CNCCn1cc(S(=O)(=O)N(C)CCN2CCCC2)cn1. The fourth-order valence-corrected chi connectivity index (χ4v) is 3.53. The van der Waals surface area contributed by atoms with Crippen LogP contribution in [0.1, 0.15) is 12.8 Å². The Kier molecular flexibility index (Phi) is 5.74. The minimum atomic E-state index is -3.43. The molecule has 0 amide bonds. The van der Waals surface area contributed by atoms with E-state index in [9.17, 15) is 8.42 Å². The lowest BCUT2D eigenvalue weighted by molar-refractivity contribution is 0.310. The van der Waals surface area contributed by atoms with Crippen molar-refractivity contribution in [2.24, 2.45) is 0 Å². The van der Waals surface area contributed by atoms with Gasteiger partial charge in [-0.05, 0) is 33.0 Å². The summed E-state index contributed by atoms with van der Waals surface area (Å²) in [5.74, 6) is 0. The second kappa shape index (κ2) is 7.35. The predicted molar refractivity (Wildman–Crippen MR) is 81.6 cm³/mol. The van der Waals surface area contributed by atoms with Gasteiger partial charge in [-0.2, -0.15) is 9.40 Å². The molecule has 2 rings (SSSR count). The van der Waals surface area contributed by atoms with Crippen molar-refractivity contribution in [3.8, 4) is 0 Å². The summed E-state index contributed by atoms with van der Waals surface area (Å²) >= 11 is 0. The molecular formula is C13H25N5O2S. The highest BCUT2D eigenvalue weighted by molar-refractivity contribution is 7.89. The fraction of sp³-hybridized carbons (Fsp3) is 0.769. The molecule has 21 heavy (non-hydrogen) atoms. The van der Waals surface area contributed by atoms with Crippen molar-refractivity contribution in [1.82, 2.24) is 24.3 Å². The number of aromatic nitrogens is 2. The third kappa shape index (κ3) is 4.26. The number of sulfonamides is 1. The standard InChI is InChI=1S/C13H25N5O2S/c1-14-5-8-18-12-13(11-15-18)21(19,20)16(2)9-10-17-6-3-4-7-17/h11-12,14H,3-10H2,1-2H3. The molecule has 0 aliphatic carbocycles. The topological polar surface area (TPSA) is 70.5 Å². The zero-order valence-electron chi connectivity index (χ0n) is 12.8. The van der Waals surface area contributed by atoms with Crippen LogP contribution in [0.3, 0.4) is 0 Å². The molecule has 1 aliphatic rings. The van der Waals surface area contributed by atoms with Gasteiger partial charge in [-0.3, -0.25) is 4.68 Å². The van der Waals surface area contributed by atoms with Gasteiger partial charge < -0.3 is 10.2 Å². The zero-order valence-corrected chi connectivity index (χ0v) is 13.6. The van der Waals surface area contributed by atoms with E-state index in [-0.39, 0.29) is 4.90 Å². The van der Waals surface area contributed by atoms with Crippen LogP contribution >= 0.6 is 0 Å². The largest absolute Gasteiger partial charge is 0.318 e. The number of likely N-dealkylation sites (tertiary alicyclic amines) is 1. The van der Waals surface area contributed by atoms with Gasteiger partial charge in [0.25, 0.3) is 0 Å². The van der Waals surface area contributed by atoms with Crippen LogP contribution in [0.2, 0.25) is 0 Å². The van der Waals surface area contributed by atoms with Gasteiger partial charge in [0.05, 0.1) is 12.7 Å². The van der Waals surface area contributed by atoms with E-state index in [4.69, 9.17) is 0 Å². The van der Waals surface area contributed by atoms with Crippen LogP contribution in [0.4, 0.5) is 0 Å². The Labute approximate surface area is 127 Å². The van der Waals surface area contributed by atoms with Gasteiger partial charge in [-0.1, -0.05) is 0 Å². The number of hydrogen-bond donors (Lipinski definition) is 1. The van der Waals surface area contributed by atoms with Crippen LogP contribution in [0, 0.1) is 0 Å². The molecule has 0 aromatic carbocycles. The van der Waals surface area contributed by atoms with Crippen molar-refractivity contribution in [3.63, 3.8) is 0 Å². The molecule has 0 radical (unpaired) electrons. The minimum absolute atomic E-state index is 0.266. The lowest BCUT2D eigenvalue weighted by Gasteiger charge is -2.20. The molecule has 0 spiro atoms. The normalized spacial score (nSPS) is 16.9. The molecule has 1 aromatic heterocycles. The highest BCUT2D eigenvalue weighted by Crippen LogP contribution is 2.14. The maximum absolute atomic E-state index is 12.5. The maximum atomic E-state index is 12.5. The van der Waals surface area contributed by atoms with Gasteiger partial charge in [-0.15, -0.1) is 0 Å². The van der Waals surface area contributed by atoms with E-state index in [2.05, 4.69) is 15.3 Å². The third-order valence-corrected chi connectivity index (χ3v) is 5.65. The molecule has 1 aromatic rings. The average Bonchev–Trinajstić information content (AvgIpc) is 3.13. The van der Waals surface area contributed by atoms with Crippen LogP contribution in [0.15, 0.2) is 17.3 Å². The molecule has 0 bridgehead atoms. The summed E-state index contributed by atoms with van der Waals surface area (Å²) in [6.45, 7) is 4.88. The first-order valence-electron chi connectivity index (χ1n) is 7.40. The quantitative estimate of drug-likeness (QED) is 0.720. The Morgan fingerprint density at radius 3 is 2.71 bits per heavy atom. The van der Waals surface area contributed by atoms with E-state index in [0.717, 1.165) is 26.2 Å². The second-order valence-electron chi connectivity index (χ2n) is 5.42. The Morgan fingerprint density at radius 2 is 2.05 bits per heavy atom. The van der Waals surface area contributed by atoms with Crippen molar-refractivity contribution in [2.75, 3.05) is 46.8 Å². The van der Waals surface area contributed by atoms with E-state index >= 15 is 0 Å². The molecule has 1 fully saturated rings. The molecule has 2 heterocycles. The van der Waals surface area contributed by atoms with E-state index < -0.39 is 10.0 Å². The van der Waals surface area contributed by atoms with E-state index in [1.807, 2.05) is 7.05 Å². The van der Waals surface area contributed by atoms with Gasteiger partial charge in [-0.25, -0.2) is 8.42 Å². The molecular weight excluding hydrogens is 290 g/mol. The summed E-state index contributed by atoms with van der Waals surface area (Å²) < 4.78 is 28.0. The van der Waals surface area contributed by atoms with E-state index in [0.29, 0.717) is 13.1 Å². The summed E-state index contributed by atoms with van der Waals surface area (Å²) in [4.78, 5) is 2.57. The molecule has 120 valence electrons. The van der Waals surface area contributed by atoms with Crippen LogP contribution in [-0.4, -0.2) is 74.2 Å². The number of likely N-dealkylation sites (N-methyl/N-ethyl adjacent to an activating group) is 2. The molecule has 1 N–H and O–H groups in total. The Balaban J connectivity index is 1.93. The van der Waals surface area contributed by atoms with Crippen molar-refractivity contribution < 1.29 is 8.42 Å². The number of hydrogen-bond acceptors (Lipinski definition) is 5. The van der Waals surface area contributed by atoms with Crippen LogP contribution in [-0.2, 0) is 16.6 Å². The molecule has 0 unspecified atom stereocenters. The van der Waals surface area contributed by atoms with Gasteiger partial charge in [0.2, 0.25) is 10.0 Å². The Morgan fingerprint density at radius 1 is 1.33 bits per heavy atom. The second-order valence-corrected chi connectivity index (χ2v) is 7.46. The molecule has 8 heteroatoms. The van der Waals surface area contributed by atoms with Crippen LogP contribution in [0.25, 0.3) is 0 Å². The molecule has 0 atom stereocenters. The lowest BCUT2D eigenvalue weighted by Crippen LogP contribution is -2.35. The molecule has 0 saturated carbocycles. The van der Waals surface area contributed by atoms with Gasteiger partial charge in [0, 0.05) is 32.9 Å². The lowest BCUT2D eigenvalue weighted by atomic mass is 10.4. The Bertz CT molecular complexity index is 537. The summed E-state index contributed by atoms with van der Waals surface area (Å²) in [5, 5.41) is 7.11. The van der Waals surface area contributed by atoms with Gasteiger partial charge in [0.15, 0.2) is 0 Å². The van der Waals surface area contributed by atoms with E-state index in [1.165, 1.54) is 23.3 Å². The van der Waals surface area contributed by atoms with Crippen molar-refractivity contribution in [2.45, 2.75) is 24.3 Å². The van der Waals surface area contributed by atoms with Crippen molar-refractivity contribution >= 4 is 10.0 Å². The minimum Gasteiger partial charge on any atom is -0.318 e. The van der Waals surface area contributed by atoms with Gasteiger partial charge in [0.1, 0.15) is 4.90 Å². The summed E-state index contributed by atoms with van der Waals surface area (Å²) in [6.07, 6.45) is 5.46. The van der Waals surface area contributed by atoms with Gasteiger partial charge >= 0.3 is 0 Å². The summed E-state index contributed by atoms with van der Waals surface area (Å²) in [7, 11) is 0.0578. The molecule has 1 saturated heterocycles. The molecule has 7 nitrogen and oxygen atoms in total. The number of rotatable bonds is 8. The predicted octanol–water partition coefficient (Wildman–Crippen LogP) is -0.181. The first-order valence-corrected chi connectivity index (χ1v) is 8.84. The van der Waals surface area contributed by atoms with E-state index in [1.54, 1.807) is 17.9 Å². The fourth-order valence-electron chi connectivity index (χ4n) is 2.42. The monoisotopic (exact) mass is 315 g/mol. The van der Waals surface area contributed by atoms with Crippen LogP contribution in [0.5, 0.6) is 0 Å².